The molecule has 0 amide bonds. The van der Waals surface area contributed by atoms with Crippen LogP contribution in [-0.2, 0) is 0 Å². The van der Waals surface area contributed by atoms with Gasteiger partial charge in [0.05, 0.1) is 19.0 Å². The van der Waals surface area contributed by atoms with Crippen LogP contribution in [0.5, 0.6) is 0 Å². The van der Waals surface area contributed by atoms with E-state index in [9.17, 15) is 0 Å². The molecule has 0 aromatic heterocycles. The van der Waals surface area contributed by atoms with Crippen LogP contribution in [0, 0.1) is 0 Å². The van der Waals surface area contributed by atoms with E-state index in [4.69, 9.17) is 15.3 Å². The van der Waals surface area contributed by atoms with Gasteiger partial charge >= 0.3 is 0 Å². The topological polar surface area (TPSA) is 60.7 Å². The van der Waals surface area contributed by atoms with E-state index < -0.39 is 0 Å². The van der Waals surface area contributed by atoms with E-state index >= 15 is 0 Å². The van der Waals surface area contributed by atoms with Crippen molar-refractivity contribution in [3.8, 4) is 0 Å². The lowest BCUT2D eigenvalue weighted by Crippen LogP contribution is -1.85. The second kappa shape index (κ2) is 9.29. The highest BCUT2D eigenvalue weighted by molar-refractivity contribution is 4.90. The zero-order chi connectivity index (χ0) is 9.94. The van der Waals surface area contributed by atoms with Gasteiger partial charge in [0.25, 0.3) is 0 Å². The summed E-state index contributed by atoms with van der Waals surface area (Å²) in [6, 6.07) is 0. The van der Waals surface area contributed by atoms with Crippen LogP contribution in [-0.4, -0.2) is 28.5 Å². The van der Waals surface area contributed by atoms with Crippen LogP contribution in [0.15, 0.2) is 24.0 Å². The second-order valence-corrected chi connectivity index (χ2v) is 2.78. The summed E-state index contributed by atoms with van der Waals surface area (Å²) in [7, 11) is 0. The fraction of sp³-hybridized carbons (Fsp3) is 0.600. The molecule has 0 rings (SSSR count). The number of allylic oxidation sites excluding steroid dienone is 2. The summed E-state index contributed by atoms with van der Waals surface area (Å²) in [4.78, 5) is 0. The van der Waals surface area contributed by atoms with Gasteiger partial charge in [-0.25, -0.2) is 0 Å². The van der Waals surface area contributed by atoms with Gasteiger partial charge < -0.3 is 15.3 Å². The summed E-state index contributed by atoms with van der Waals surface area (Å²) in [5, 5.41) is 25.9. The van der Waals surface area contributed by atoms with E-state index in [2.05, 4.69) is 0 Å². The zero-order valence-corrected chi connectivity index (χ0v) is 7.82. The molecule has 0 atom stereocenters. The summed E-state index contributed by atoms with van der Waals surface area (Å²) in [5.41, 5.74) is 0. The third kappa shape index (κ3) is 9.11. The summed E-state index contributed by atoms with van der Waals surface area (Å²) >= 11 is 0. The van der Waals surface area contributed by atoms with Crippen molar-refractivity contribution in [2.24, 2.45) is 0 Å². The van der Waals surface area contributed by atoms with Gasteiger partial charge in [-0.15, -0.1) is 0 Å². The molecule has 0 fully saturated rings. The molecule has 0 saturated carbocycles. The number of rotatable bonds is 7. The van der Waals surface area contributed by atoms with Crippen molar-refractivity contribution in [1.29, 1.82) is 0 Å². The fourth-order valence-electron chi connectivity index (χ4n) is 0.968. The molecule has 76 valence electrons. The van der Waals surface area contributed by atoms with Crippen LogP contribution >= 0.6 is 0 Å². The van der Waals surface area contributed by atoms with Crippen molar-refractivity contribution < 1.29 is 15.3 Å². The van der Waals surface area contributed by atoms with Crippen LogP contribution in [0.4, 0.5) is 0 Å². The first kappa shape index (κ1) is 12.2. The maximum absolute atomic E-state index is 9.09. The minimum atomic E-state index is -0.101. The molecule has 0 radical (unpaired) electrons. The Labute approximate surface area is 79.0 Å². The molecule has 0 aliphatic heterocycles. The number of hydrogen-bond acceptors (Lipinski definition) is 3. The molecule has 0 aliphatic carbocycles. The Kier molecular flexibility index (Phi) is 8.72. The normalized spacial score (nSPS) is 12.6. The van der Waals surface area contributed by atoms with Gasteiger partial charge in [-0.05, 0) is 25.3 Å². The standard InChI is InChI=1S/C10H18O3/c11-8-5-3-1-2-4-6-10(13)7-9-12/h3,5,7,11-13H,1-2,4,6,8-9H2. The van der Waals surface area contributed by atoms with Crippen molar-refractivity contribution >= 4 is 0 Å². The maximum atomic E-state index is 9.09. The average molecular weight is 186 g/mol. The van der Waals surface area contributed by atoms with Crippen molar-refractivity contribution in [3.63, 3.8) is 0 Å². The van der Waals surface area contributed by atoms with E-state index in [-0.39, 0.29) is 19.0 Å². The third-order valence-electron chi connectivity index (χ3n) is 1.65. The molecule has 0 aliphatic rings. The van der Waals surface area contributed by atoms with Crippen molar-refractivity contribution in [3.05, 3.63) is 24.0 Å². The Balaban J connectivity index is 3.25. The lowest BCUT2D eigenvalue weighted by Gasteiger charge is -1.97. The lowest BCUT2D eigenvalue weighted by molar-refractivity contribution is 0.323. The molecule has 0 heterocycles. The Hall–Kier alpha value is -0.800. The smallest absolute Gasteiger partial charge is 0.0905 e. The van der Waals surface area contributed by atoms with Gasteiger partial charge in [-0.3, -0.25) is 0 Å². The summed E-state index contributed by atoms with van der Waals surface area (Å²) in [6.45, 7) is -0.00802. The average Bonchev–Trinajstić information content (AvgIpc) is 2.11. The number of hydrogen-bond donors (Lipinski definition) is 3. The number of aliphatic hydroxyl groups excluding tert-OH is 3. The Morgan fingerprint density at radius 1 is 1.00 bits per heavy atom. The molecule has 3 nitrogen and oxygen atoms in total. The fourth-order valence-corrected chi connectivity index (χ4v) is 0.968. The summed E-state index contributed by atoms with van der Waals surface area (Å²) in [6.07, 6.45) is 8.47. The Morgan fingerprint density at radius 2 is 1.77 bits per heavy atom. The molecule has 0 spiro atoms. The van der Waals surface area contributed by atoms with Gasteiger partial charge in [-0.1, -0.05) is 12.2 Å². The predicted molar refractivity (Wildman–Crippen MR) is 52.5 cm³/mol. The molecule has 0 aromatic carbocycles. The van der Waals surface area contributed by atoms with Crippen LogP contribution in [0.1, 0.15) is 25.7 Å². The molecule has 0 unspecified atom stereocenters. The van der Waals surface area contributed by atoms with Gasteiger partial charge in [0, 0.05) is 6.42 Å². The highest BCUT2D eigenvalue weighted by Crippen LogP contribution is 2.06. The van der Waals surface area contributed by atoms with Crippen molar-refractivity contribution in [2.45, 2.75) is 25.7 Å². The maximum Gasteiger partial charge on any atom is 0.0905 e. The van der Waals surface area contributed by atoms with E-state index in [1.807, 2.05) is 6.08 Å². The first-order valence-corrected chi connectivity index (χ1v) is 4.56. The van der Waals surface area contributed by atoms with E-state index in [0.29, 0.717) is 6.42 Å². The first-order valence-electron chi connectivity index (χ1n) is 4.56. The highest BCUT2D eigenvalue weighted by atomic mass is 16.3. The van der Waals surface area contributed by atoms with E-state index in [1.165, 1.54) is 6.08 Å². The Bertz CT molecular complexity index is 162. The van der Waals surface area contributed by atoms with Crippen LogP contribution in [0.3, 0.4) is 0 Å². The molecular formula is C10H18O3. The van der Waals surface area contributed by atoms with Gasteiger partial charge in [0.2, 0.25) is 0 Å². The summed E-state index contributed by atoms with van der Waals surface area (Å²) in [5.74, 6) is 0.258. The third-order valence-corrected chi connectivity index (χ3v) is 1.65. The van der Waals surface area contributed by atoms with Gasteiger partial charge in [0.1, 0.15) is 0 Å². The molecule has 3 heteroatoms. The number of aliphatic hydroxyl groups is 3. The molecule has 0 aromatic rings. The van der Waals surface area contributed by atoms with E-state index in [1.54, 1.807) is 6.08 Å². The zero-order valence-electron chi connectivity index (χ0n) is 7.82. The predicted octanol–water partition coefficient (Wildman–Crippen LogP) is 1.53. The molecule has 13 heavy (non-hydrogen) atoms. The molecule has 0 saturated heterocycles. The second-order valence-electron chi connectivity index (χ2n) is 2.78. The van der Waals surface area contributed by atoms with Crippen LogP contribution in [0.2, 0.25) is 0 Å². The quantitative estimate of drug-likeness (QED) is 0.321. The lowest BCUT2D eigenvalue weighted by atomic mass is 10.1. The van der Waals surface area contributed by atoms with Crippen molar-refractivity contribution in [1.82, 2.24) is 0 Å². The largest absolute Gasteiger partial charge is 0.513 e. The summed E-state index contributed by atoms with van der Waals surface area (Å²) < 4.78 is 0. The van der Waals surface area contributed by atoms with Crippen LogP contribution in [0.25, 0.3) is 0 Å². The first-order chi connectivity index (χ1) is 6.31. The number of unbranched alkanes of at least 4 members (excludes halogenated alkanes) is 2. The van der Waals surface area contributed by atoms with Crippen molar-refractivity contribution in [2.75, 3.05) is 13.2 Å². The van der Waals surface area contributed by atoms with E-state index in [0.717, 1.165) is 19.3 Å². The Morgan fingerprint density at radius 3 is 2.38 bits per heavy atom. The van der Waals surface area contributed by atoms with Gasteiger partial charge in [0.15, 0.2) is 0 Å². The molecule has 0 bridgehead atoms. The van der Waals surface area contributed by atoms with Crippen LogP contribution < -0.4 is 0 Å². The SMILES string of the molecule is OCC=CCCCCC(O)=CCO. The monoisotopic (exact) mass is 186 g/mol. The minimum absolute atomic E-state index is 0.0929. The minimum Gasteiger partial charge on any atom is -0.513 e. The highest BCUT2D eigenvalue weighted by Gasteiger charge is 1.91. The molecular weight excluding hydrogens is 168 g/mol. The molecule has 3 N–H and O–H groups in total. The van der Waals surface area contributed by atoms with Gasteiger partial charge in [-0.2, -0.15) is 0 Å².